The van der Waals surface area contributed by atoms with Crippen LogP contribution in [0.2, 0.25) is 0 Å². The summed E-state index contributed by atoms with van der Waals surface area (Å²) in [5.74, 6) is 1.57. The molecule has 2 N–H and O–H groups in total. The van der Waals surface area contributed by atoms with Crippen molar-refractivity contribution in [1.29, 1.82) is 0 Å². The number of carbonyl (C=O) groups excluding carboxylic acids is 2. The van der Waals surface area contributed by atoms with E-state index in [9.17, 15) is 9.59 Å². The summed E-state index contributed by atoms with van der Waals surface area (Å²) >= 11 is 0. The predicted molar refractivity (Wildman–Crippen MR) is 95.0 cm³/mol. The topological polar surface area (TPSA) is 61.4 Å². The first-order valence-corrected chi connectivity index (χ1v) is 9.00. The van der Waals surface area contributed by atoms with Gasteiger partial charge in [0.05, 0.1) is 6.54 Å². The summed E-state index contributed by atoms with van der Waals surface area (Å²) in [6.07, 6.45) is 6.66. The summed E-state index contributed by atoms with van der Waals surface area (Å²) in [5, 5.41) is 5.52. The second-order valence-corrected chi connectivity index (χ2v) is 7.03. The first-order chi connectivity index (χ1) is 11.7. The van der Waals surface area contributed by atoms with Crippen LogP contribution >= 0.6 is 0 Å². The van der Waals surface area contributed by atoms with Crippen molar-refractivity contribution in [3.63, 3.8) is 0 Å². The van der Waals surface area contributed by atoms with Crippen LogP contribution in [0.15, 0.2) is 24.3 Å². The van der Waals surface area contributed by atoms with Crippen molar-refractivity contribution >= 4 is 17.5 Å². The lowest BCUT2D eigenvalue weighted by Gasteiger charge is -2.41. The molecule has 130 valence electrons. The maximum Gasteiger partial charge on any atom is 0.251 e. The van der Waals surface area contributed by atoms with Crippen molar-refractivity contribution in [2.75, 3.05) is 32.0 Å². The molecule has 2 unspecified atom stereocenters. The van der Waals surface area contributed by atoms with E-state index in [0.29, 0.717) is 12.1 Å². The highest BCUT2D eigenvalue weighted by Crippen LogP contribution is 2.35. The molecule has 24 heavy (non-hydrogen) atoms. The van der Waals surface area contributed by atoms with Gasteiger partial charge in [-0.2, -0.15) is 0 Å². The van der Waals surface area contributed by atoms with Crippen LogP contribution in [0.5, 0.6) is 0 Å². The Kier molecular flexibility index (Phi) is 5.51. The number of fused-ring (bicyclic) bond motifs is 1. The number of likely N-dealkylation sites (tertiary alicyclic amines) is 1. The molecule has 1 aromatic rings. The predicted octanol–water partition coefficient (Wildman–Crippen LogP) is 2.50. The molecule has 1 aliphatic carbocycles. The van der Waals surface area contributed by atoms with Gasteiger partial charge in [-0.1, -0.05) is 19.3 Å². The van der Waals surface area contributed by atoms with Gasteiger partial charge in [-0.3, -0.25) is 14.5 Å². The van der Waals surface area contributed by atoms with E-state index in [1.807, 2.05) is 0 Å². The van der Waals surface area contributed by atoms with Crippen LogP contribution in [0.25, 0.3) is 0 Å². The molecule has 2 fully saturated rings. The van der Waals surface area contributed by atoms with Gasteiger partial charge in [0.25, 0.3) is 5.91 Å². The first-order valence-electron chi connectivity index (χ1n) is 9.00. The van der Waals surface area contributed by atoms with E-state index in [2.05, 4.69) is 15.5 Å². The second kappa shape index (κ2) is 7.79. The van der Waals surface area contributed by atoms with Crippen LogP contribution in [-0.2, 0) is 4.79 Å². The lowest BCUT2D eigenvalue weighted by atomic mass is 9.75. The largest absolute Gasteiger partial charge is 0.355 e. The monoisotopic (exact) mass is 329 g/mol. The zero-order valence-electron chi connectivity index (χ0n) is 14.4. The van der Waals surface area contributed by atoms with Gasteiger partial charge in [-0.05, 0) is 55.5 Å². The molecular formula is C19H27N3O2. The number of amides is 2. The fourth-order valence-corrected chi connectivity index (χ4v) is 4.07. The Hall–Kier alpha value is -1.88. The van der Waals surface area contributed by atoms with E-state index in [1.165, 1.54) is 32.1 Å². The van der Waals surface area contributed by atoms with Gasteiger partial charge in [0.1, 0.15) is 0 Å². The molecule has 2 atom stereocenters. The summed E-state index contributed by atoms with van der Waals surface area (Å²) in [6.45, 7) is 2.55. The Morgan fingerprint density at radius 2 is 1.79 bits per heavy atom. The van der Waals surface area contributed by atoms with Crippen LogP contribution in [-0.4, -0.2) is 43.4 Å². The summed E-state index contributed by atoms with van der Waals surface area (Å²) in [5.41, 5.74) is 1.33. The zero-order chi connectivity index (χ0) is 16.9. The van der Waals surface area contributed by atoms with Gasteiger partial charge in [-0.15, -0.1) is 0 Å². The molecule has 1 saturated carbocycles. The maximum absolute atomic E-state index is 12.3. The fraction of sp³-hybridized carbons (Fsp3) is 0.579. The molecule has 1 aliphatic heterocycles. The minimum Gasteiger partial charge on any atom is -0.355 e. The van der Waals surface area contributed by atoms with Crippen molar-refractivity contribution in [1.82, 2.24) is 10.2 Å². The third-order valence-corrected chi connectivity index (χ3v) is 5.40. The number of benzene rings is 1. The molecule has 2 amide bonds. The highest BCUT2D eigenvalue weighted by molar-refractivity contribution is 5.96. The zero-order valence-corrected chi connectivity index (χ0v) is 14.4. The Morgan fingerprint density at radius 1 is 1.08 bits per heavy atom. The third kappa shape index (κ3) is 4.15. The Morgan fingerprint density at radius 3 is 2.50 bits per heavy atom. The minimum absolute atomic E-state index is 0.0250. The van der Waals surface area contributed by atoms with Crippen LogP contribution in [0, 0.1) is 11.8 Å². The molecule has 3 rings (SSSR count). The molecular weight excluding hydrogens is 302 g/mol. The standard InChI is InChI=1S/C19H27N3O2/c1-20-19(24)15-6-8-17(9-7-15)21-18(23)13-22-11-10-14-4-2-3-5-16(14)12-22/h6-9,14,16H,2-5,10-13H2,1H3,(H,20,24)(H,21,23). The van der Waals surface area contributed by atoms with Gasteiger partial charge in [0, 0.05) is 24.8 Å². The summed E-state index contributed by atoms with van der Waals surface area (Å²) in [7, 11) is 1.60. The van der Waals surface area contributed by atoms with Gasteiger partial charge in [-0.25, -0.2) is 0 Å². The highest BCUT2D eigenvalue weighted by atomic mass is 16.2. The molecule has 2 aliphatic rings. The maximum atomic E-state index is 12.3. The number of hydrogen-bond donors (Lipinski definition) is 2. The van der Waals surface area contributed by atoms with E-state index in [4.69, 9.17) is 0 Å². The van der Waals surface area contributed by atoms with Crippen molar-refractivity contribution in [2.24, 2.45) is 11.8 Å². The van der Waals surface area contributed by atoms with E-state index in [-0.39, 0.29) is 11.8 Å². The molecule has 5 heteroatoms. The van der Waals surface area contributed by atoms with E-state index >= 15 is 0 Å². The molecule has 1 aromatic carbocycles. The van der Waals surface area contributed by atoms with Crippen molar-refractivity contribution in [2.45, 2.75) is 32.1 Å². The number of carbonyl (C=O) groups is 2. The number of rotatable bonds is 4. The summed E-state index contributed by atoms with van der Waals surface area (Å²) in [4.78, 5) is 26.1. The van der Waals surface area contributed by atoms with Crippen molar-refractivity contribution in [3.8, 4) is 0 Å². The summed E-state index contributed by atoms with van der Waals surface area (Å²) in [6, 6.07) is 7.00. The molecule has 1 heterocycles. The number of nitrogens with zero attached hydrogens (tertiary/aromatic N) is 1. The van der Waals surface area contributed by atoms with E-state index in [0.717, 1.165) is 30.6 Å². The fourth-order valence-electron chi connectivity index (χ4n) is 4.07. The first kappa shape index (κ1) is 17.0. The lowest BCUT2D eigenvalue weighted by Crippen LogP contribution is -2.44. The average molecular weight is 329 g/mol. The molecule has 0 bridgehead atoms. The number of nitrogens with one attached hydrogen (secondary N) is 2. The van der Waals surface area contributed by atoms with Crippen molar-refractivity contribution in [3.05, 3.63) is 29.8 Å². The van der Waals surface area contributed by atoms with Crippen molar-refractivity contribution < 1.29 is 9.59 Å². The van der Waals surface area contributed by atoms with E-state index < -0.39 is 0 Å². The Balaban J connectivity index is 1.49. The molecule has 0 radical (unpaired) electrons. The summed E-state index contributed by atoms with van der Waals surface area (Å²) < 4.78 is 0. The molecule has 0 spiro atoms. The third-order valence-electron chi connectivity index (χ3n) is 5.40. The van der Waals surface area contributed by atoms with Crippen LogP contribution < -0.4 is 10.6 Å². The quantitative estimate of drug-likeness (QED) is 0.892. The van der Waals surface area contributed by atoms with E-state index in [1.54, 1.807) is 31.3 Å². The second-order valence-electron chi connectivity index (χ2n) is 7.03. The molecule has 5 nitrogen and oxygen atoms in total. The Bertz CT molecular complexity index is 585. The number of anilines is 1. The molecule has 0 aromatic heterocycles. The SMILES string of the molecule is CNC(=O)c1ccc(NC(=O)CN2CCC3CCCCC3C2)cc1. The smallest absolute Gasteiger partial charge is 0.251 e. The van der Waals surface area contributed by atoms with Gasteiger partial charge >= 0.3 is 0 Å². The van der Waals surface area contributed by atoms with Crippen LogP contribution in [0.3, 0.4) is 0 Å². The average Bonchev–Trinajstić information content (AvgIpc) is 2.61. The number of piperidine rings is 1. The van der Waals surface area contributed by atoms with Gasteiger partial charge < -0.3 is 10.6 Å². The lowest BCUT2D eigenvalue weighted by molar-refractivity contribution is -0.118. The highest BCUT2D eigenvalue weighted by Gasteiger charge is 2.31. The van der Waals surface area contributed by atoms with Gasteiger partial charge in [0.2, 0.25) is 5.91 Å². The Labute approximate surface area is 143 Å². The van der Waals surface area contributed by atoms with Crippen LogP contribution in [0.4, 0.5) is 5.69 Å². The van der Waals surface area contributed by atoms with Gasteiger partial charge in [0.15, 0.2) is 0 Å². The molecule has 1 saturated heterocycles. The number of hydrogen-bond acceptors (Lipinski definition) is 3. The van der Waals surface area contributed by atoms with Crippen LogP contribution in [0.1, 0.15) is 42.5 Å². The minimum atomic E-state index is -0.122. The normalized spacial score (nSPS) is 24.0.